The van der Waals surface area contributed by atoms with E-state index in [0.29, 0.717) is 28.0 Å². The zero-order valence-electron chi connectivity index (χ0n) is 20.9. The van der Waals surface area contributed by atoms with E-state index in [9.17, 15) is 4.79 Å². The number of hydrogen-bond acceptors (Lipinski definition) is 4. The molecule has 1 amide bonds. The van der Waals surface area contributed by atoms with Crippen molar-refractivity contribution in [3.63, 3.8) is 0 Å². The molecule has 0 bridgehead atoms. The lowest BCUT2D eigenvalue weighted by molar-refractivity contribution is 0.0907. The molecular formula is C31H26N4OS. The number of amides is 1. The van der Waals surface area contributed by atoms with Crippen molar-refractivity contribution in [3.8, 4) is 0 Å². The van der Waals surface area contributed by atoms with Gasteiger partial charge in [-0.25, -0.2) is 14.9 Å². The van der Waals surface area contributed by atoms with Gasteiger partial charge >= 0.3 is 0 Å². The minimum Gasteiger partial charge on any atom is -0.268 e. The van der Waals surface area contributed by atoms with Crippen LogP contribution in [0.4, 0.5) is 17.1 Å². The van der Waals surface area contributed by atoms with Gasteiger partial charge in [-0.15, -0.1) is 0 Å². The Bertz CT molecular complexity index is 1510. The van der Waals surface area contributed by atoms with Crippen molar-refractivity contribution in [1.29, 1.82) is 0 Å². The second-order valence-electron chi connectivity index (χ2n) is 9.00. The van der Waals surface area contributed by atoms with Gasteiger partial charge in [0, 0.05) is 5.56 Å². The molecule has 1 aliphatic heterocycles. The van der Waals surface area contributed by atoms with E-state index in [1.165, 1.54) is 4.90 Å². The first-order valence-electron chi connectivity index (χ1n) is 12.0. The fourth-order valence-corrected chi connectivity index (χ4v) is 4.35. The lowest BCUT2D eigenvalue weighted by Crippen LogP contribution is -2.38. The number of amidine groups is 2. The maximum Gasteiger partial charge on any atom is 0.265 e. The first-order valence-corrected chi connectivity index (χ1v) is 12.4. The number of benzene rings is 4. The highest BCUT2D eigenvalue weighted by Gasteiger charge is 2.43. The highest BCUT2D eigenvalue weighted by Crippen LogP contribution is 2.29. The fraction of sp³-hybridized carbons (Fsp3) is 0.0968. The van der Waals surface area contributed by atoms with Crippen molar-refractivity contribution >= 4 is 52.0 Å². The van der Waals surface area contributed by atoms with Crippen LogP contribution in [0.25, 0.3) is 0 Å². The Morgan fingerprint density at radius 1 is 0.622 bits per heavy atom. The Labute approximate surface area is 222 Å². The number of anilines is 1. The first-order chi connectivity index (χ1) is 17.9. The van der Waals surface area contributed by atoms with Crippen LogP contribution in [0, 0.1) is 20.8 Å². The summed E-state index contributed by atoms with van der Waals surface area (Å²) in [5.41, 5.74) is 6.15. The van der Waals surface area contributed by atoms with E-state index < -0.39 is 0 Å². The molecule has 4 aromatic carbocycles. The molecule has 182 valence electrons. The number of nitrogens with zero attached hydrogens (tertiary/aromatic N) is 4. The number of carbonyl (C=O) groups excluding carboxylic acids is 1. The maximum absolute atomic E-state index is 13.9. The molecule has 0 N–H and O–H groups in total. The lowest BCUT2D eigenvalue weighted by Gasteiger charge is -2.19. The van der Waals surface area contributed by atoms with Crippen LogP contribution in [-0.2, 0) is 0 Å². The number of aryl methyl sites for hydroxylation is 3. The van der Waals surface area contributed by atoms with Crippen LogP contribution in [-0.4, -0.2) is 27.6 Å². The molecule has 1 aliphatic rings. The Hall–Kier alpha value is -4.42. The summed E-state index contributed by atoms with van der Waals surface area (Å²) < 4.78 is 0. The van der Waals surface area contributed by atoms with Crippen LogP contribution in [0.15, 0.2) is 113 Å². The molecule has 4 aromatic rings. The van der Waals surface area contributed by atoms with Gasteiger partial charge in [-0.1, -0.05) is 71.3 Å². The SMILES string of the molecule is Cc1ccc(N=C2C(=Nc3ccc(C)cc3)N(c3ccc(C)cc3)C(=S)N2C(=O)c2ccccc2)cc1. The summed E-state index contributed by atoms with van der Waals surface area (Å²) >= 11 is 5.95. The summed E-state index contributed by atoms with van der Waals surface area (Å²) in [6.07, 6.45) is 0. The van der Waals surface area contributed by atoms with Crippen LogP contribution in [0.5, 0.6) is 0 Å². The van der Waals surface area contributed by atoms with Gasteiger partial charge in [-0.3, -0.25) is 9.69 Å². The number of thiocarbonyl (C=S) groups is 1. The van der Waals surface area contributed by atoms with Crippen LogP contribution in [0.3, 0.4) is 0 Å². The second-order valence-corrected chi connectivity index (χ2v) is 9.37. The van der Waals surface area contributed by atoms with Gasteiger partial charge in [0.1, 0.15) is 0 Å². The monoisotopic (exact) mass is 502 g/mol. The number of carbonyl (C=O) groups is 1. The van der Waals surface area contributed by atoms with Crippen LogP contribution in [0.2, 0.25) is 0 Å². The van der Waals surface area contributed by atoms with Crippen molar-refractivity contribution in [1.82, 2.24) is 4.90 Å². The third-order valence-electron chi connectivity index (χ3n) is 6.06. The molecule has 0 spiro atoms. The predicted molar refractivity (Wildman–Crippen MR) is 155 cm³/mol. The molecular weight excluding hydrogens is 476 g/mol. The molecule has 0 aromatic heterocycles. The molecule has 1 fully saturated rings. The minimum absolute atomic E-state index is 0.261. The molecule has 1 heterocycles. The molecule has 0 unspecified atom stereocenters. The van der Waals surface area contributed by atoms with E-state index in [-0.39, 0.29) is 5.91 Å². The Kier molecular flexibility index (Phi) is 6.75. The second kappa shape index (κ2) is 10.3. The minimum atomic E-state index is -0.261. The van der Waals surface area contributed by atoms with Crippen molar-refractivity contribution in [2.45, 2.75) is 20.8 Å². The third kappa shape index (κ3) is 5.10. The van der Waals surface area contributed by atoms with Crippen molar-refractivity contribution in [2.24, 2.45) is 9.98 Å². The molecule has 0 aliphatic carbocycles. The zero-order chi connectivity index (χ0) is 25.9. The van der Waals surface area contributed by atoms with Gasteiger partial charge in [-0.05, 0) is 81.5 Å². The molecule has 0 saturated carbocycles. The van der Waals surface area contributed by atoms with Crippen molar-refractivity contribution in [2.75, 3.05) is 4.90 Å². The molecule has 5 rings (SSSR count). The molecule has 5 nitrogen and oxygen atoms in total. The number of rotatable bonds is 4. The van der Waals surface area contributed by atoms with Gasteiger partial charge in [0.2, 0.25) is 0 Å². The number of aliphatic imine (C=N–C) groups is 2. The fourth-order valence-electron chi connectivity index (χ4n) is 3.98. The van der Waals surface area contributed by atoms with Crippen molar-refractivity contribution in [3.05, 3.63) is 125 Å². The molecule has 1 saturated heterocycles. The quantitative estimate of drug-likeness (QED) is 0.275. The highest BCUT2D eigenvalue weighted by atomic mass is 32.1. The average molecular weight is 503 g/mol. The maximum atomic E-state index is 13.9. The van der Waals surface area contributed by atoms with Gasteiger partial charge in [0.25, 0.3) is 5.91 Å². The van der Waals surface area contributed by atoms with E-state index in [0.717, 1.165) is 28.1 Å². The summed E-state index contributed by atoms with van der Waals surface area (Å²) in [6.45, 7) is 6.09. The number of hydrogen-bond donors (Lipinski definition) is 0. The van der Waals surface area contributed by atoms with Gasteiger partial charge in [0.05, 0.1) is 17.1 Å². The summed E-state index contributed by atoms with van der Waals surface area (Å²) in [6, 6.07) is 32.8. The highest BCUT2D eigenvalue weighted by molar-refractivity contribution is 7.80. The smallest absolute Gasteiger partial charge is 0.265 e. The van der Waals surface area contributed by atoms with Gasteiger partial charge in [0.15, 0.2) is 16.8 Å². The molecule has 0 atom stereocenters. The Morgan fingerprint density at radius 3 is 1.59 bits per heavy atom. The van der Waals surface area contributed by atoms with Crippen LogP contribution in [0.1, 0.15) is 27.0 Å². The summed E-state index contributed by atoms with van der Waals surface area (Å²) in [5.74, 6) is 0.606. The average Bonchev–Trinajstić information content (AvgIpc) is 3.17. The van der Waals surface area contributed by atoms with E-state index >= 15 is 0 Å². The molecule has 37 heavy (non-hydrogen) atoms. The van der Waals surface area contributed by atoms with E-state index in [1.54, 1.807) is 12.1 Å². The van der Waals surface area contributed by atoms with Crippen LogP contribution < -0.4 is 4.90 Å². The normalized spacial score (nSPS) is 15.6. The Morgan fingerprint density at radius 2 is 1.08 bits per heavy atom. The largest absolute Gasteiger partial charge is 0.268 e. The van der Waals surface area contributed by atoms with Crippen LogP contribution >= 0.6 is 12.2 Å². The summed E-state index contributed by atoms with van der Waals surface area (Å²) in [7, 11) is 0. The molecule has 0 radical (unpaired) electrons. The topological polar surface area (TPSA) is 48.3 Å². The van der Waals surface area contributed by atoms with E-state index in [2.05, 4.69) is 0 Å². The zero-order valence-corrected chi connectivity index (χ0v) is 21.7. The van der Waals surface area contributed by atoms with Gasteiger partial charge < -0.3 is 0 Å². The van der Waals surface area contributed by atoms with Crippen molar-refractivity contribution < 1.29 is 4.79 Å². The molecule has 6 heteroatoms. The third-order valence-corrected chi connectivity index (χ3v) is 6.43. The first kappa shape index (κ1) is 24.3. The summed E-state index contributed by atoms with van der Waals surface area (Å²) in [5, 5.41) is 0.300. The standard InChI is InChI=1S/C31H26N4OS/c1-21-9-15-25(16-10-21)32-28-29(33-26-17-11-22(2)12-18-26)35(30(36)24-7-5-4-6-8-24)31(37)34(28)27-19-13-23(3)14-20-27/h4-20H,1-3H3. The Balaban J connectivity index is 1.74. The van der Waals surface area contributed by atoms with E-state index in [1.807, 2.05) is 117 Å². The summed E-state index contributed by atoms with van der Waals surface area (Å²) in [4.78, 5) is 27.1. The predicted octanol–water partition coefficient (Wildman–Crippen LogP) is 7.32. The van der Waals surface area contributed by atoms with Gasteiger partial charge in [-0.2, -0.15) is 0 Å². The lowest BCUT2D eigenvalue weighted by atomic mass is 10.2. The van der Waals surface area contributed by atoms with E-state index in [4.69, 9.17) is 22.2 Å².